The largest absolute Gasteiger partial charge is 0.366 e. The number of nitrogens with one attached hydrogen (secondary N) is 2. The molecule has 5 nitrogen and oxygen atoms in total. The molecule has 0 aliphatic heterocycles. The minimum atomic E-state index is -0.634. The highest BCUT2D eigenvalue weighted by molar-refractivity contribution is 5.96. The van der Waals surface area contributed by atoms with E-state index in [0.717, 1.165) is 23.2 Å². The molecule has 2 N–H and O–H groups in total. The number of anilines is 1. The first-order valence-electron chi connectivity index (χ1n) is 10.9. The summed E-state index contributed by atoms with van der Waals surface area (Å²) in [6.07, 6.45) is 8.46. The Balaban J connectivity index is 1.49. The van der Waals surface area contributed by atoms with Crippen LogP contribution in [0, 0.1) is 29.4 Å². The van der Waals surface area contributed by atoms with Crippen LogP contribution in [0.1, 0.15) is 32.6 Å². The Morgan fingerprint density at radius 3 is 2.65 bits per heavy atom. The minimum Gasteiger partial charge on any atom is -0.366 e. The molecule has 158 valence electrons. The fourth-order valence-corrected chi connectivity index (χ4v) is 5.69. The van der Waals surface area contributed by atoms with Crippen LogP contribution in [-0.4, -0.2) is 26.0 Å². The van der Waals surface area contributed by atoms with Crippen LogP contribution in [0.2, 0.25) is 0 Å². The van der Waals surface area contributed by atoms with E-state index in [0.29, 0.717) is 40.3 Å². The van der Waals surface area contributed by atoms with Gasteiger partial charge in [0, 0.05) is 35.5 Å². The van der Waals surface area contributed by atoms with Gasteiger partial charge in [-0.25, -0.2) is 23.7 Å². The van der Waals surface area contributed by atoms with E-state index in [-0.39, 0.29) is 5.52 Å². The van der Waals surface area contributed by atoms with Gasteiger partial charge in [0.25, 0.3) is 0 Å². The maximum absolute atomic E-state index is 14.2. The van der Waals surface area contributed by atoms with Gasteiger partial charge in [-0.15, -0.1) is 0 Å². The molecule has 0 radical (unpaired) electrons. The van der Waals surface area contributed by atoms with Crippen molar-refractivity contribution in [1.82, 2.24) is 19.9 Å². The van der Waals surface area contributed by atoms with Crippen LogP contribution in [0.4, 0.5) is 14.6 Å². The van der Waals surface area contributed by atoms with Gasteiger partial charge in [-0.1, -0.05) is 6.92 Å². The van der Waals surface area contributed by atoms with Crippen LogP contribution in [0.5, 0.6) is 0 Å². The molecule has 3 aliphatic carbocycles. The maximum atomic E-state index is 14.2. The van der Waals surface area contributed by atoms with Gasteiger partial charge in [0.2, 0.25) is 0 Å². The normalized spacial score (nSPS) is 25.4. The molecular formula is C24H23F2N5. The number of halogens is 2. The fraction of sp³-hybridized carbons (Fsp3) is 0.375. The van der Waals surface area contributed by atoms with Gasteiger partial charge in [-0.05, 0) is 61.6 Å². The molecule has 1 aromatic carbocycles. The molecule has 2 atom stereocenters. The molecule has 31 heavy (non-hydrogen) atoms. The third-order valence-electron chi connectivity index (χ3n) is 7.36. The van der Waals surface area contributed by atoms with Gasteiger partial charge >= 0.3 is 0 Å². The van der Waals surface area contributed by atoms with Gasteiger partial charge in [0.1, 0.15) is 17.5 Å². The summed E-state index contributed by atoms with van der Waals surface area (Å²) in [6, 6.07) is 6.39. The first kappa shape index (κ1) is 18.7. The standard InChI is InChI=1S/C24H23F2N5/c1-12-13-4-6-14(7-5-13)20(12)29-23-16-3-2-8-27-22(16)30-24(31-23)18-11-28-21-17(18)9-15(25)10-19(21)26/h2-3,8-14,20,28H,4-7H2,1H3,(H,27,29,30,31)/t12-,13?,14?,20+/m0/s1. The summed E-state index contributed by atoms with van der Waals surface area (Å²) in [5, 5.41) is 5.01. The van der Waals surface area contributed by atoms with Crippen molar-refractivity contribution in [3.05, 3.63) is 48.3 Å². The Morgan fingerprint density at radius 1 is 1.03 bits per heavy atom. The van der Waals surface area contributed by atoms with Crippen molar-refractivity contribution < 1.29 is 8.78 Å². The zero-order chi connectivity index (χ0) is 21.1. The Labute approximate surface area is 178 Å². The van der Waals surface area contributed by atoms with Crippen molar-refractivity contribution >= 4 is 27.8 Å². The zero-order valence-electron chi connectivity index (χ0n) is 17.2. The summed E-state index contributed by atoms with van der Waals surface area (Å²) < 4.78 is 28.1. The Kier molecular flexibility index (Phi) is 4.20. The number of H-pyrrole nitrogens is 1. The second-order valence-electron chi connectivity index (χ2n) is 8.99. The SMILES string of the molecule is C[C@H]1C2CCC(CC2)[C@@H]1Nc1nc(-c2c[nH]c3c(F)cc(F)cc23)nc2ncccc12. The second-order valence-corrected chi connectivity index (χ2v) is 8.99. The Morgan fingerprint density at radius 2 is 1.84 bits per heavy atom. The number of aromatic amines is 1. The smallest absolute Gasteiger partial charge is 0.166 e. The predicted octanol–water partition coefficient (Wildman–Crippen LogP) is 5.69. The second kappa shape index (κ2) is 6.97. The molecular weight excluding hydrogens is 396 g/mol. The van der Waals surface area contributed by atoms with Crippen molar-refractivity contribution in [2.75, 3.05) is 5.32 Å². The third-order valence-corrected chi connectivity index (χ3v) is 7.36. The number of rotatable bonds is 3. The molecule has 4 aromatic rings. The summed E-state index contributed by atoms with van der Waals surface area (Å²) in [5.41, 5.74) is 1.37. The first-order chi connectivity index (χ1) is 15.1. The molecule has 0 unspecified atom stereocenters. The van der Waals surface area contributed by atoms with E-state index in [1.807, 2.05) is 12.1 Å². The van der Waals surface area contributed by atoms with Crippen molar-refractivity contribution in [2.24, 2.45) is 17.8 Å². The van der Waals surface area contributed by atoms with Crippen LogP contribution in [0.25, 0.3) is 33.3 Å². The number of pyridine rings is 1. The molecule has 0 amide bonds. The van der Waals surface area contributed by atoms with Crippen molar-refractivity contribution in [1.29, 1.82) is 0 Å². The predicted molar refractivity (Wildman–Crippen MR) is 117 cm³/mol. The van der Waals surface area contributed by atoms with Gasteiger partial charge in [-0.2, -0.15) is 0 Å². The van der Waals surface area contributed by atoms with Crippen LogP contribution in [-0.2, 0) is 0 Å². The average molecular weight is 419 g/mol. The van der Waals surface area contributed by atoms with Crippen molar-refractivity contribution in [3.63, 3.8) is 0 Å². The number of fused-ring (bicyclic) bond motifs is 5. The van der Waals surface area contributed by atoms with E-state index in [1.165, 1.54) is 31.7 Å². The van der Waals surface area contributed by atoms with Crippen LogP contribution >= 0.6 is 0 Å². The van der Waals surface area contributed by atoms with E-state index < -0.39 is 11.6 Å². The van der Waals surface area contributed by atoms with Crippen molar-refractivity contribution in [3.8, 4) is 11.4 Å². The molecule has 7 heteroatoms. The third kappa shape index (κ3) is 2.98. The van der Waals surface area contributed by atoms with E-state index in [2.05, 4.69) is 27.2 Å². The number of nitrogens with zero attached hydrogens (tertiary/aromatic N) is 3. The van der Waals surface area contributed by atoms with E-state index in [9.17, 15) is 8.78 Å². The molecule has 3 saturated carbocycles. The lowest BCUT2D eigenvalue weighted by molar-refractivity contribution is 0.0929. The zero-order valence-corrected chi connectivity index (χ0v) is 17.2. The van der Waals surface area contributed by atoms with Crippen LogP contribution < -0.4 is 5.32 Å². The molecule has 3 aromatic heterocycles. The van der Waals surface area contributed by atoms with Gasteiger partial charge in [0.05, 0.1) is 10.9 Å². The molecule has 3 heterocycles. The molecule has 0 saturated heterocycles. The fourth-order valence-electron chi connectivity index (χ4n) is 5.69. The average Bonchev–Trinajstić information content (AvgIpc) is 3.20. The topological polar surface area (TPSA) is 66.5 Å². The summed E-state index contributed by atoms with van der Waals surface area (Å²) in [6.45, 7) is 2.33. The molecule has 7 rings (SSSR count). The number of benzene rings is 1. The Bertz CT molecular complexity index is 1290. The molecule has 2 bridgehead atoms. The van der Waals surface area contributed by atoms with Gasteiger partial charge in [-0.3, -0.25) is 0 Å². The van der Waals surface area contributed by atoms with Crippen LogP contribution in [0.15, 0.2) is 36.7 Å². The number of aromatic nitrogens is 4. The quantitative estimate of drug-likeness (QED) is 0.448. The lowest BCUT2D eigenvalue weighted by atomic mass is 9.62. The lowest BCUT2D eigenvalue weighted by Crippen LogP contribution is -2.47. The maximum Gasteiger partial charge on any atom is 0.166 e. The highest BCUT2D eigenvalue weighted by Gasteiger charge is 2.41. The van der Waals surface area contributed by atoms with E-state index in [1.54, 1.807) is 12.4 Å². The van der Waals surface area contributed by atoms with E-state index in [4.69, 9.17) is 4.98 Å². The Hall–Kier alpha value is -3.09. The molecule has 0 spiro atoms. The van der Waals surface area contributed by atoms with Crippen molar-refractivity contribution in [2.45, 2.75) is 38.6 Å². The summed E-state index contributed by atoms with van der Waals surface area (Å²) in [4.78, 5) is 16.8. The summed E-state index contributed by atoms with van der Waals surface area (Å²) in [7, 11) is 0. The highest BCUT2D eigenvalue weighted by Crippen LogP contribution is 2.46. The molecule has 3 aliphatic rings. The number of hydrogen-bond acceptors (Lipinski definition) is 4. The monoisotopic (exact) mass is 419 g/mol. The first-order valence-corrected chi connectivity index (χ1v) is 10.9. The summed E-state index contributed by atoms with van der Waals surface area (Å²) >= 11 is 0. The van der Waals surface area contributed by atoms with Crippen LogP contribution in [0.3, 0.4) is 0 Å². The van der Waals surface area contributed by atoms with Gasteiger partial charge < -0.3 is 10.3 Å². The summed E-state index contributed by atoms with van der Waals surface area (Å²) in [5.74, 6) is 1.85. The molecule has 3 fully saturated rings. The van der Waals surface area contributed by atoms with E-state index >= 15 is 0 Å². The lowest BCUT2D eigenvalue weighted by Gasteiger charge is -2.47. The van der Waals surface area contributed by atoms with Gasteiger partial charge in [0.15, 0.2) is 11.5 Å². The minimum absolute atomic E-state index is 0.244. The highest BCUT2D eigenvalue weighted by atomic mass is 19.1. The number of hydrogen-bond donors (Lipinski definition) is 2.